The minimum atomic E-state index is 0.0127. The number of rotatable bonds is 6. The number of urea groups is 1. The van der Waals surface area contributed by atoms with Crippen LogP contribution in [0.3, 0.4) is 0 Å². The van der Waals surface area contributed by atoms with Crippen molar-refractivity contribution in [2.45, 2.75) is 25.3 Å². The third kappa shape index (κ3) is 4.85. The second-order valence-electron chi connectivity index (χ2n) is 6.89. The summed E-state index contributed by atoms with van der Waals surface area (Å²) in [5.41, 5.74) is 2.79. The number of nitrogens with one attached hydrogen (secondary N) is 1. The minimum Gasteiger partial charge on any atom is -0.335 e. The molecule has 0 aromatic heterocycles. The molecule has 1 aliphatic carbocycles. The van der Waals surface area contributed by atoms with Gasteiger partial charge >= 0.3 is 6.03 Å². The Morgan fingerprint density at radius 3 is 2.58 bits per heavy atom. The first-order valence-corrected chi connectivity index (χ1v) is 9.56. The number of hydrogen-bond acceptors (Lipinski definition) is 2. The van der Waals surface area contributed by atoms with E-state index in [-0.39, 0.29) is 6.03 Å². The van der Waals surface area contributed by atoms with Crippen LogP contribution >= 0.6 is 0 Å². The van der Waals surface area contributed by atoms with Gasteiger partial charge in [0, 0.05) is 38.8 Å². The Bertz CT molecular complexity index is 657. The lowest BCUT2D eigenvalue weighted by Gasteiger charge is -2.39. The molecule has 4 heteroatoms. The van der Waals surface area contributed by atoms with Gasteiger partial charge in [-0.2, -0.15) is 0 Å². The molecule has 0 bridgehead atoms. The van der Waals surface area contributed by atoms with Gasteiger partial charge in [-0.1, -0.05) is 60.2 Å². The summed E-state index contributed by atoms with van der Waals surface area (Å²) >= 11 is 0. The van der Waals surface area contributed by atoms with E-state index in [1.165, 1.54) is 11.1 Å². The van der Waals surface area contributed by atoms with Crippen LogP contribution in [0.4, 0.5) is 4.79 Å². The standard InChI is InChI=1S/C22H29N3O/c1-2-13-23-22(26)25-16-14-24(15-17-25)21(20-11-7-4-8-12-20)18-19-9-5-3-6-10-19/h2,4-5,7-12,21H,1,3,6,13-18H2,(H,23,26). The van der Waals surface area contributed by atoms with Gasteiger partial charge in [-0.3, -0.25) is 4.90 Å². The van der Waals surface area contributed by atoms with Gasteiger partial charge in [0.2, 0.25) is 0 Å². The molecule has 2 aliphatic rings. The normalized spacial score (nSPS) is 18.9. The van der Waals surface area contributed by atoms with E-state index in [0.29, 0.717) is 12.6 Å². The number of carbonyl (C=O) groups excluding carboxylic acids is 1. The second-order valence-corrected chi connectivity index (χ2v) is 6.89. The highest BCUT2D eigenvalue weighted by Crippen LogP contribution is 2.30. The van der Waals surface area contributed by atoms with Gasteiger partial charge in [0.1, 0.15) is 0 Å². The molecule has 0 radical (unpaired) electrons. The van der Waals surface area contributed by atoms with E-state index in [2.05, 4.69) is 65.4 Å². The van der Waals surface area contributed by atoms with Crippen molar-refractivity contribution in [1.29, 1.82) is 0 Å². The van der Waals surface area contributed by atoms with E-state index >= 15 is 0 Å². The molecule has 1 N–H and O–H groups in total. The molecule has 26 heavy (non-hydrogen) atoms. The van der Waals surface area contributed by atoms with Crippen LogP contribution in [0, 0.1) is 0 Å². The van der Waals surface area contributed by atoms with Crippen molar-refractivity contribution < 1.29 is 4.79 Å². The Balaban J connectivity index is 1.66. The number of allylic oxidation sites excluding steroid dienone is 3. The van der Waals surface area contributed by atoms with E-state index in [1.807, 2.05) is 4.90 Å². The lowest BCUT2D eigenvalue weighted by Crippen LogP contribution is -2.52. The zero-order valence-corrected chi connectivity index (χ0v) is 15.4. The van der Waals surface area contributed by atoms with Gasteiger partial charge in [-0.25, -0.2) is 4.79 Å². The van der Waals surface area contributed by atoms with Gasteiger partial charge in [0.25, 0.3) is 0 Å². The molecule has 1 fully saturated rings. The van der Waals surface area contributed by atoms with E-state index in [4.69, 9.17) is 0 Å². The molecular formula is C22H29N3O. The van der Waals surface area contributed by atoms with Crippen LogP contribution in [-0.4, -0.2) is 48.6 Å². The molecule has 3 rings (SSSR count). The molecule has 1 unspecified atom stereocenters. The van der Waals surface area contributed by atoms with Crippen molar-refractivity contribution in [1.82, 2.24) is 15.1 Å². The third-order valence-electron chi connectivity index (χ3n) is 5.13. The summed E-state index contributed by atoms with van der Waals surface area (Å²) < 4.78 is 0. The van der Waals surface area contributed by atoms with Gasteiger partial charge < -0.3 is 10.2 Å². The summed E-state index contributed by atoms with van der Waals surface area (Å²) in [6.07, 6.45) is 12.0. The summed E-state index contributed by atoms with van der Waals surface area (Å²) in [5.74, 6) is 0. The first-order valence-electron chi connectivity index (χ1n) is 9.56. The first kappa shape index (κ1) is 18.5. The van der Waals surface area contributed by atoms with Crippen LogP contribution in [0.5, 0.6) is 0 Å². The summed E-state index contributed by atoms with van der Waals surface area (Å²) in [4.78, 5) is 16.6. The Labute approximate surface area is 156 Å². The third-order valence-corrected chi connectivity index (χ3v) is 5.13. The van der Waals surface area contributed by atoms with Gasteiger partial charge in [0.15, 0.2) is 0 Å². The lowest BCUT2D eigenvalue weighted by molar-refractivity contribution is 0.108. The van der Waals surface area contributed by atoms with Crippen molar-refractivity contribution >= 4 is 6.03 Å². The number of piperazine rings is 1. The Morgan fingerprint density at radius 1 is 1.15 bits per heavy atom. The SMILES string of the molecule is C=CCNC(=O)N1CCN(C(CC2=CCCC=C2)c2ccccc2)CC1. The molecule has 2 amide bonds. The molecule has 1 atom stereocenters. The first-order chi connectivity index (χ1) is 12.8. The van der Waals surface area contributed by atoms with E-state index in [0.717, 1.165) is 45.4 Å². The smallest absolute Gasteiger partial charge is 0.317 e. The van der Waals surface area contributed by atoms with Crippen LogP contribution in [0.15, 0.2) is 66.8 Å². The molecule has 4 nitrogen and oxygen atoms in total. The van der Waals surface area contributed by atoms with Gasteiger partial charge in [-0.15, -0.1) is 6.58 Å². The zero-order chi connectivity index (χ0) is 18.2. The van der Waals surface area contributed by atoms with Crippen LogP contribution in [-0.2, 0) is 0 Å². The highest BCUT2D eigenvalue weighted by Gasteiger charge is 2.27. The van der Waals surface area contributed by atoms with Crippen molar-refractivity contribution in [2.24, 2.45) is 0 Å². The highest BCUT2D eigenvalue weighted by atomic mass is 16.2. The van der Waals surface area contributed by atoms with Gasteiger partial charge in [0.05, 0.1) is 0 Å². The van der Waals surface area contributed by atoms with Crippen molar-refractivity contribution in [3.05, 3.63) is 72.4 Å². The molecule has 1 saturated heterocycles. The van der Waals surface area contributed by atoms with Crippen molar-refractivity contribution in [3.8, 4) is 0 Å². The minimum absolute atomic E-state index is 0.0127. The highest BCUT2D eigenvalue weighted by molar-refractivity contribution is 5.74. The number of hydrogen-bond donors (Lipinski definition) is 1. The molecular weight excluding hydrogens is 322 g/mol. The average molecular weight is 351 g/mol. The fourth-order valence-corrected chi connectivity index (χ4v) is 3.68. The number of nitrogens with zero attached hydrogens (tertiary/aromatic N) is 2. The fraction of sp³-hybridized carbons (Fsp3) is 0.409. The maximum Gasteiger partial charge on any atom is 0.317 e. The molecule has 0 spiro atoms. The Kier molecular flexibility index (Phi) is 6.67. The number of carbonyl (C=O) groups is 1. The largest absolute Gasteiger partial charge is 0.335 e. The molecule has 138 valence electrons. The van der Waals surface area contributed by atoms with Crippen LogP contribution in [0.1, 0.15) is 30.9 Å². The predicted molar refractivity (Wildman–Crippen MR) is 107 cm³/mol. The summed E-state index contributed by atoms with van der Waals surface area (Å²) in [6, 6.07) is 11.1. The fourth-order valence-electron chi connectivity index (χ4n) is 3.68. The van der Waals surface area contributed by atoms with E-state index in [9.17, 15) is 4.79 Å². The summed E-state index contributed by atoms with van der Waals surface area (Å²) in [6.45, 7) is 7.50. The van der Waals surface area contributed by atoms with Crippen LogP contribution in [0.2, 0.25) is 0 Å². The van der Waals surface area contributed by atoms with Crippen LogP contribution in [0.25, 0.3) is 0 Å². The van der Waals surface area contributed by atoms with Gasteiger partial charge in [-0.05, 0) is 24.8 Å². The molecule has 1 heterocycles. The monoisotopic (exact) mass is 351 g/mol. The Hall–Kier alpha value is -2.33. The zero-order valence-electron chi connectivity index (χ0n) is 15.4. The van der Waals surface area contributed by atoms with E-state index in [1.54, 1.807) is 6.08 Å². The maximum absolute atomic E-state index is 12.2. The van der Waals surface area contributed by atoms with E-state index < -0.39 is 0 Å². The van der Waals surface area contributed by atoms with Crippen LogP contribution < -0.4 is 5.32 Å². The molecule has 1 aromatic rings. The molecule has 1 aromatic carbocycles. The lowest BCUT2D eigenvalue weighted by atomic mass is 9.94. The molecule has 1 aliphatic heterocycles. The maximum atomic E-state index is 12.2. The summed E-state index contributed by atoms with van der Waals surface area (Å²) in [7, 11) is 0. The topological polar surface area (TPSA) is 35.6 Å². The Morgan fingerprint density at radius 2 is 1.92 bits per heavy atom. The van der Waals surface area contributed by atoms with Crippen molar-refractivity contribution in [2.75, 3.05) is 32.7 Å². The number of amides is 2. The average Bonchev–Trinajstić information content (AvgIpc) is 2.72. The number of benzene rings is 1. The quantitative estimate of drug-likeness (QED) is 0.789. The second kappa shape index (κ2) is 9.39. The van der Waals surface area contributed by atoms with Crippen molar-refractivity contribution in [3.63, 3.8) is 0 Å². The summed E-state index contributed by atoms with van der Waals surface area (Å²) in [5, 5.41) is 2.88. The predicted octanol–water partition coefficient (Wildman–Crippen LogP) is 3.91. The molecule has 0 saturated carbocycles.